The van der Waals surface area contributed by atoms with Crippen molar-refractivity contribution in [2.24, 2.45) is 0 Å². The molecule has 1 saturated heterocycles. The third-order valence-corrected chi connectivity index (χ3v) is 5.33. The molecule has 9 nitrogen and oxygen atoms in total. The molecule has 5 atom stereocenters. The van der Waals surface area contributed by atoms with Crippen molar-refractivity contribution in [1.82, 2.24) is 0 Å². The summed E-state index contributed by atoms with van der Waals surface area (Å²) in [5.74, 6) is -2.50. The maximum Gasteiger partial charge on any atom is 0.303 e. The van der Waals surface area contributed by atoms with Crippen LogP contribution in [0, 0.1) is 6.92 Å². The van der Waals surface area contributed by atoms with Gasteiger partial charge in [0.25, 0.3) is 0 Å². The highest BCUT2D eigenvalue weighted by Crippen LogP contribution is 2.37. The fourth-order valence-electron chi connectivity index (χ4n) is 3.11. The van der Waals surface area contributed by atoms with Crippen LogP contribution < -0.4 is 0 Å². The van der Waals surface area contributed by atoms with E-state index in [2.05, 4.69) is 0 Å². The Hall–Kier alpha value is -2.59. The van der Waals surface area contributed by atoms with E-state index in [0.717, 1.165) is 10.5 Å². The molecule has 0 spiro atoms. The molecule has 2 rings (SSSR count). The Kier molecular flexibility index (Phi) is 8.88. The van der Waals surface area contributed by atoms with Crippen LogP contribution in [-0.2, 0) is 42.9 Å². The number of rotatable bonds is 7. The molecule has 1 aromatic carbocycles. The van der Waals surface area contributed by atoms with E-state index >= 15 is 0 Å². The van der Waals surface area contributed by atoms with Gasteiger partial charge in [0.15, 0.2) is 18.3 Å². The number of hydrogen-bond donors (Lipinski definition) is 0. The molecular formula is C21H26O9S. The molecule has 0 saturated carbocycles. The Morgan fingerprint density at radius 2 is 1.45 bits per heavy atom. The molecule has 1 fully saturated rings. The van der Waals surface area contributed by atoms with Gasteiger partial charge in [-0.1, -0.05) is 29.5 Å². The zero-order valence-corrected chi connectivity index (χ0v) is 18.8. The average Bonchev–Trinajstić information content (AvgIpc) is 2.64. The van der Waals surface area contributed by atoms with Crippen molar-refractivity contribution in [3.8, 4) is 0 Å². The van der Waals surface area contributed by atoms with E-state index in [-0.39, 0.29) is 6.61 Å². The lowest BCUT2D eigenvalue weighted by Crippen LogP contribution is -2.61. The van der Waals surface area contributed by atoms with Crippen molar-refractivity contribution in [3.63, 3.8) is 0 Å². The Morgan fingerprint density at radius 1 is 0.871 bits per heavy atom. The van der Waals surface area contributed by atoms with E-state index in [4.69, 9.17) is 23.7 Å². The third-order valence-electron chi connectivity index (χ3n) is 4.19. The molecule has 1 aromatic rings. The molecule has 1 aliphatic heterocycles. The van der Waals surface area contributed by atoms with Crippen LogP contribution in [0.3, 0.4) is 0 Å². The third kappa shape index (κ3) is 7.55. The van der Waals surface area contributed by atoms with Gasteiger partial charge in [0.05, 0.1) is 0 Å². The quantitative estimate of drug-likeness (QED) is 0.448. The Bertz CT molecular complexity index is 825. The lowest BCUT2D eigenvalue weighted by Gasteiger charge is -2.44. The van der Waals surface area contributed by atoms with Crippen molar-refractivity contribution in [2.45, 2.75) is 69.4 Å². The first-order valence-corrected chi connectivity index (χ1v) is 10.5. The monoisotopic (exact) mass is 454 g/mol. The van der Waals surface area contributed by atoms with E-state index in [1.54, 1.807) is 0 Å². The minimum Gasteiger partial charge on any atom is -0.463 e. The van der Waals surface area contributed by atoms with Crippen LogP contribution in [0.25, 0.3) is 0 Å². The van der Waals surface area contributed by atoms with E-state index in [0.29, 0.717) is 0 Å². The number of thioether (sulfide) groups is 1. The first kappa shape index (κ1) is 24.7. The summed E-state index contributed by atoms with van der Waals surface area (Å²) >= 11 is 1.25. The van der Waals surface area contributed by atoms with Crippen LogP contribution in [0.4, 0.5) is 0 Å². The van der Waals surface area contributed by atoms with Gasteiger partial charge in [-0.15, -0.1) is 0 Å². The van der Waals surface area contributed by atoms with Crippen LogP contribution in [0.1, 0.15) is 33.3 Å². The number of aryl methyl sites for hydroxylation is 1. The van der Waals surface area contributed by atoms with Crippen LogP contribution in [0.5, 0.6) is 0 Å². The summed E-state index contributed by atoms with van der Waals surface area (Å²) in [6.45, 7) is 6.50. The molecule has 1 heterocycles. The van der Waals surface area contributed by atoms with Crippen LogP contribution in [0.15, 0.2) is 29.2 Å². The molecule has 170 valence electrons. The minimum atomic E-state index is -1.16. The first-order chi connectivity index (χ1) is 14.6. The average molecular weight is 454 g/mol. The maximum absolute atomic E-state index is 11.8. The molecule has 3 unspecified atom stereocenters. The van der Waals surface area contributed by atoms with Gasteiger partial charge in [-0.3, -0.25) is 19.2 Å². The van der Waals surface area contributed by atoms with Gasteiger partial charge in [0.2, 0.25) is 0 Å². The largest absolute Gasteiger partial charge is 0.463 e. The molecule has 0 radical (unpaired) electrons. The normalized spacial score (nSPS) is 25.3. The standard InChI is InChI=1S/C21H26O9S/c1-11-7-6-8-16(9-11)31-21-20(29-15(5)25)19(28-14(4)24)18(27-13(3)23)17(30-21)10-26-12(2)22/h6-9,17-21H,10H2,1-5H3/t17?,18-,19?,20?,21-/m0/s1. The van der Waals surface area contributed by atoms with Crippen molar-refractivity contribution < 1.29 is 42.9 Å². The summed E-state index contributed by atoms with van der Waals surface area (Å²) in [4.78, 5) is 47.5. The summed E-state index contributed by atoms with van der Waals surface area (Å²) in [5, 5.41) is 0. The van der Waals surface area contributed by atoms with Crippen molar-refractivity contribution >= 4 is 35.6 Å². The summed E-state index contributed by atoms with van der Waals surface area (Å²) in [5.41, 5.74) is 0.179. The second-order valence-electron chi connectivity index (χ2n) is 7.00. The Labute approximate surface area is 184 Å². The van der Waals surface area contributed by atoms with Crippen LogP contribution in [0.2, 0.25) is 0 Å². The lowest BCUT2D eigenvalue weighted by atomic mass is 9.99. The van der Waals surface area contributed by atoms with Gasteiger partial charge in [-0.05, 0) is 19.1 Å². The molecule has 10 heteroatoms. The predicted molar refractivity (Wildman–Crippen MR) is 109 cm³/mol. The number of hydrogen-bond acceptors (Lipinski definition) is 10. The highest BCUT2D eigenvalue weighted by atomic mass is 32.2. The first-order valence-electron chi connectivity index (χ1n) is 9.60. The minimum absolute atomic E-state index is 0.247. The maximum atomic E-state index is 11.8. The van der Waals surface area contributed by atoms with E-state index in [1.807, 2.05) is 31.2 Å². The fraction of sp³-hybridized carbons (Fsp3) is 0.524. The molecule has 0 aromatic heterocycles. The van der Waals surface area contributed by atoms with Crippen molar-refractivity contribution in [3.05, 3.63) is 29.8 Å². The number of esters is 4. The van der Waals surface area contributed by atoms with E-state index in [1.165, 1.54) is 39.5 Å². The Balaban J connectivity index is 2.44. The van der Waals surface area contributed by atoms with Gasteiger partial charge >= 0.3 is 23.9 Å². The van der Waals surface area contributed by atoms with Crippen molar-refractivity contribution in [2.75, 3.05) is 6.61 Å². The van der Waals surface area contributed by atoms with Gasteiger partial charge in [0.1, 0.15) is 18.1 Å². The topological polar surface area (TPSA) is 114 Å². The SMILES string of the molecule is CC(=O)OCC1O[C@@H](Sc2cccc(C)c2)C(OC(C)=O)C(OC(C)=O)[C@H]1OC(C)=O. The second-order valence-corrected chi connectivity index (χ2v) is 8.17. The smallest absolute Gasteiger partial charge is 0.303 e. The highest BCUT2D eigenvalue weighted by molar-refractivity contribution is 7.99. The molecule has 0 amide bonds. The van der Waals surface area contributed by atoms with E-state index in [9.17, 15) is 19.2 Å². The zero-order chi connectivity index (χ0) is 23.1. The summed E-state index contributed by atoms with van der Waals surface area (Å²) < 4.78 is 27.3. The van der Waals surface area contributed by atoms with Crippen LogP contribution >= 0.6 is 11.8 Å². The number of carbonyl (C=O) groups excluding carboxylic acids is 4. The van der Waals surface area contributed by atoms with Gasteiger partial charge in [0, 0.05) is 32.6 Å². The molecular weight excluding hydrogens is 428 g/mol. The Morgan fingerprint density at radius 3 is 2.00 bits per heavy atom. The number of benzene rings is 1. The molecule has 1 aliphatic rings. The number of carbonyl (C=O) groups is 4. The molecule has 0 N–H and O–H groups in total. The molecule has 0 bridgehead atoms. The lowest BCUT2D eigenvalue weighted by molar-refractivity contribution is -0.237. The van der Waals surface area contributed by atoms with Crippen LogP contribution in [-0.4, -0.2) is 60.3 Å². The van der Waals surface area contributed by atoms with Gasteiger partial charge in [-0.2, -0.15) is 0 Å². The summed E-state index contributed by atoms with van der Waals surface area (Å²) in [6.07, 6.45) is -4.35. The highest BCUT2D eigenvalue weighted by Gasteiger charge is 2.52. The number of ether oxygens (including phenoxy) is 5. The molecule has 0 aliphatic carbocycles. The van der Waals surface area contributed by atoms with Gasteiger partial charge in [-0.25, -0.2) is 0 Å². The predicted octanol–water partition coefficient (Wildman–Crippen LogP) is 2.17. The fourth-order valence-corrected chi connectivity index (χ4v) is 4.33. The van der Waals surface area contributed by atoms with Crippen molar-refractivity contribution in [1.29, 1.82) is 0 Å². The van der Waals surface area contributed by atoms with Gasteiger partial charge < -0.3 is 23.7 Å². The zero-order valence-electron chi connectivity index (χ0n) is 18.0. The summed E-state index contributed by atoms with van der Waals surface area (Å²) in [6, 6.07) is 7.56. The second kappa shape index (κ2) is 11.1. The summed E-state index contributed by atoms with van der Waals surface area (Å²) in [7, 11) is 0. The molecule has 31 heavy (non-hydrogen) atoms. The van der Waals surface area contributed by atoms with E-state index < -0.39 is 53.7 Å².